The van der Waals surface area contributed by atoms with Crippen molar-refractivity contribution in [1.82, 2.24) is 0 Å². The third-order valence-electron chi connectivity index (χ3n) is 3.51. The van der Waals surface area contributed by atoms with Crippen molar-refractivity contribution in [1.29, 1.82) is 0 Å². The Balaban J connectivity index is 3.29. The topological polar surface area (TPSA) is 17.1 Å². The SMILES string of the molecule is O=C(Cl)C1C(C(F)(F)F)CC(C(F)(F)F)CC1C(F)(F)F. The van der Waals surface area contributed by atoms with Gasteiger partial charge in [0.2, 0.25) is 5.24 Å². The zero-order valence-electron chi connectivity index (χ0n) is 9.91. The van der Waals surface area contributed by atoms with Crippen molar-refractivity contribution in [3.8, 4) is 0 Å². The van der Waals surface area contributed by atoms with E-state index in [1.165, 1.54) is 0 Å². The van der Waals surface area contributed by atoms with E-state index in [1.54, 1.807) is 0 Å². The molecule has 0 heterocycles. The van der Waals surface area contributed by atoms with Gasteiger partial charge in [-0.05, 0) is 24.4 Å². The van der Waals surface area contributed by atoms with Crippen LogP contribution in [0.25, 0.3) is 0 Å². The third kappa shape index (κ3) is 4.17. The van der Waals surface area contributed by atoms with Crippen molar-refractivity contribution < 1.29 is 44.3 Å². The average molecular weight is 351 g/mol. The number of carbonyl (C=O) groups is 1. The van der Waals surface area contributed by atoms with Crippen LogP contribution in [-0.4, -0.2) is 23.8 Å². The van der Waals surface area contributed by atoms with Gasteiger partial charge < -0.3 is 0 Å². The quantitative estimate of drug-likeness (QED) is 0.495. The van der Waals surface area contributed by atoms with Gasteiger partial charge in [-0.15, -0.1) is 0 Å². The van der Waals surface area contributed by atoms with Gasteiger partial charge in [0.25, 0.3) is 0 Å². The van der Waals surface area contributed by atoms with Gasteiger partial charge in [-0.1, -0.05) is 0 Å². The number of halogens is 10. The molecule has 21 heavy (non-hydrogen) atoms. The predicted octanol–water partition coefficient (Wildman–Crippen LogP) is 4.70. The van der Waals surface area contributed by atoms with Crippen molar-refractivity contribution in [3.05, 3.63) is 0 Å². The van der Waals surface area contributed by atoms with Crippen molar-refractivity contribution in [2.45, 2.75) is 31.4 Å². The lowest BCUT2D eigenvalue weighted by Crippen LogP contribution is -2.50. The van der Waals surface area contributed by atoms with Crippen molar-refractivity contribution in [2.24, 2.45) is 23.7 Å². The Hall–Kier alpha value is -0.670. The first-order chi connectivity index (χ1) is 9.15. The fraction of sp³-hybridized carbons (Fsp3) is 0.900. The largest absolute Gasteiger partial charge is 0.392 e. The number of rotatable bonds is 1. The minimum absolute atomic E-state index is 1.64. The highest BCUT2D eigenvalue weighted by atomic mass is 35.5. The second-order valence-electron chi connectivity index (χ2n) is 4.84. The monoisotopic (exact) mass is 350 g/mol. The molecule has 124 valence electrons. The highest BCUT2D eigenvalue weighted by molar-refractivity contribution is 6.64. The molecule has 1 fully saturated rings. The molecule has 2 unspecified atom stereocenters. The minimum atomic E-state index is -5.39. The summed E-state index contributed by atoms with van der Waals surface area (Å²) in [5.74, 6) is -11.7. The maximum Gasteiger partial charge on any atom is 0.392 e. The van der Waals surface area contributed by atoms with E-state index in [-0.39, 0.29) is 0 Å². The van der Waals surface area contributed by atoms with Crippen LogP contribution < -0.4 is 0 Å². The zero-order valence-corrected chi connectivity index (χ0v) is 10.7. The highest BCUT2D eigenvalue weighted by Gasteiger charge is 2.63. The molecule has 0 amide bonds. The van der Waals surface area contributed by atoms with E-state index < -0.39 is 60.3 Å². The van der Waals surface area contributed by atoms with Crippen LogP contribution in [0.5, 0.6) is 0 Å². The lowest BCUT2D eigenvalue weighted by Gasteiger charge is -2.41. The van der Waals surface area contributed by atoms with E-state index in [9.17, 15) is 44.3 Å². The molecule has 0 saturated heterocycles. The van der Waals surface area contributed by atoms with Gasteiger partial charge in [0.15, 0.2) is 0 Å². The molecule has 0 aromatic carbocycles. The Morgan fingerprint density at radius 1 is 0.762 bits per heavy atom. The van der Waals surface area contributed by atoms with Crippen LogP contribution in [0.4, 0.5) is 39.5 Å². The molecule has 1 rings (SSSR count). The Morgan fingerprint density at radius 2 is 1.10 bits per heavy atom. The molecule has 0 aromatic heterocycles. The van der Waals surface area contributed by atoms with Gasteiger partial charge in [-0.3, -0.25) is 4.79 Å². The first-order valence-corrected chi connectivity index (χ1v) is 5.93. The molecule has 1 aliphatic rings. The number of hydrogen-bond donors (Lipinski definition) is 0. The van der Waals surface area contributed by atoms with Crippen LogP contribution in [0.15, 0.2) is 0 Å². The molecule has 1 nitrogen and oxygen atoms in total. The van der Waals surface area contributed by atoms with Crippen molar-refractivity contribution in [2.75, 3.05) is 0 Å². The first-order valence-electron chi connectivity index (χ1n) is 5.55. The van der Waals surface area contributed by atoms with E-state index >= 15 is 0 Å². The van der Waals surface area contributed by atoms with Gasteiger partial charge in [0.1, 0.15) is 0 Å². The molecule has 11 heteroatoms. The first kappa shape index (κ1) is 18.4. The van der Waals surface area contributed by atoms with Crippen molar-refractivity contribution >= 4 is 16.8 Å². The Labute approximate surface area is 117 Å². The van der Waals surface area contributed by atoms with Crippen LogP contribution >= 0.6 is 11.6 Å². The number of hydrogen-bond acceptors (Lipinski definition) is 1. The summed E-state index contributed by atoms with van der Waals surface area (Å²) in [6.07, 6.45) is -19.3. The summed E-state index contributed by atoms with van der Waals surface area (Å²) in [5, 5.41) is -1.93. The number of alkyl halides is 9. The minimum Gasteiger partial charge on any atom is -0.281 e. The van der Waals surface area contributed by atoms with Crippen LogP contribution in [0.2, 0.25) is 0 Å². The predicted molar refractivity (Wildman–Crippen MR) is 52.2 cm³/mol. The molecule has 1 saturated carbocycles. The normalized spacial score (nSPS) is 32.1. The Bertz CT molecular complexity index is 373. The molecule has 0 spiro atoms. The van der Waals surface area contributed by atoms with E-state index in [2.05, 4.69) is 0 Å². The van der Waals surface area contributed by atoms with Gasteiger partial charge in [-0.2, -0.15) is 39.5 Å². The standard InChI is InChI=1S/C10H8ClF9O/c11-7(21)6-4(9(15,16)17)1-3(8(12,13)14)2-5(6)10(18,19)20/h3-6H,1-2H2. The summed E-state index contributed by atoms with van der Waals surface area (Å²) in [5.41, 5.74) is 0. The lowest BCUT2D eigenvalue weighted by atomic mass is 9.67. The molecule has 0 aromatic rings. The maximum atomic E-state index is 12.7. The average Bonchev–Trinajstić information content (AvgIpc) is 2.23. The molecular formula is C10H8ClF9O. The van der Waals surface area contributed by atoms with Crippen LogP contribution in [-0.2, 0) is 4.79 Å². The van der Waals surface area contributed by atoms with Crippen molar-refractivity contribution in [3.63, 3.8) is 0 Å². The highest BCUT2D eigenvalue weighted by Crippen LogP contribution is 2.54. The summed E-state index contributed by atoms with van der Waals surface area (Å²) in [6, 6.07) is 0. The van der Waals surface area contributed by atoms with Crippen LogP contribution in [0.1, 0.15) is 12.8 Å². The summed E-state index contributed by atoms with van der Waals surface area (Å²) >= 11 is 4.80. The Kier molecular flexibility index (Phi) is 4.82. The fourth-order valence-corrected chi connectivity index (χ4v) is 2.85. The second kappa shape index (κ2) is 5.51. The molecule has 1 aliphatic carbocycles. The van der Waals surface area contributed by atoms with Crippen LogP contribution in [0.3, 0.4) is 0 Å². The smallest absolute Gasteiger partial charge is 0.281 e. The van der Waals surface area contributed by atoms with Gasteiger partial charge in [0.05, 0.1) is 23.7 Å². The van der Waals surface area contributed by atoms with E-state index in [0.717, 1.165) is 0 Å². The van der Waals surface area contributed by atoms with E-state index in [4.69, 9.17) is 11.6 Å². The summed E-state index contributed by atoms with van der Waals surface area (Å²) in [7, 11) is 0. The van der Waals surface area contributed by atoms with E-state index in [0.29, 0.717) is 0 Å². The molecular weight excluding hydrogens is 343 g/mol. The zero-order chi connectivity index (χ0) is 16.8. The molecule has 2 atom stereocenters. The summed E-state index contributed by atoms with van der Waals surface area (Å²) in [4.78, 5) is 11.0. The molecule has 0 radical (unpaired) electrons. The fourth-order valence-electron chi connectivity index (χ4n) is 2.54. The molecule has 0 aliphatic heterocycles. The van der Waals surface area contributed by atoms with Gasteiger partial charge in [0, 0.05) is 0 Å². The second-order valence-corrected chi connectivity index (χ2v) is 5.21. The van der Waals surface area contributed by atoms with Crippen LogP contribution in [0, 0.1) is 23.7 Å². The summed E-state index contributed by atoms with van der Waals surface area (Å²) in [6.45, 7) is 0. The number of carbonyl (C=O) groups excluding carboxylic acids is 1. The van der Waals surface area contributed by atoms with Gasteiger partial charge >= 0.3 is 18.5 Å². The molecule has 0 bridgehead atoms. The maximum absolute atomic E-state index is 12.7. The lowest BCUT2D eigenvalue weighted by molar-refractivity contribution is -0.273. The van der Waals surface area contributed by atoms with Gasteiger partial charge in [-0.25, -0.2) is 0 Å². The summed E-state index contributed by atoms with van der Waals surface area (Å²) < 4.78 is 114. The van der Waals surface area contributed by atoms with E-state index in [1.807, 2.05) is 0 Å². The third-order valence-corrected chi connectivity index (χ3v) is 3.76. The molecule has 0 N–H and O–H groups in total. The Morgan fingerprint density at radius 3 is 1.29 bits per heavy atom.